The maximum Gasteiger partial charge on any atom is 0.299 e. The van der Waals surface area contributed by atoms with Crippen LogP contribution >= 0.6 is 11.3 Å². The van der Waals surface area contributed by atoms with E-state index in [1.165, 1.54) is 11.3 Å². The first-order valence-corrected chi connectivity index (χ1v) is 8.68. The van der Waals surface area contributed by atoms with Gasteiger partial charge in [-0.1, -0.05) is 5.92 Å². The Kier molecular flexibility index (Phi) is 3.94. The number of fused-ring (bicyclic) bond motifs is 3. The number of nitrogens with zero attached hydrogens (tertiary/aromatic N) is 2. The zero-order chi connectivity index (χ0) is 16.7. The number of hydrogen-bond donors (Lipinski definition) is 1. The van der Waals surface area contributed by atoms with Gasteiger partial charge in [0, 0.05) is 41.7 Å². The summed E-state index contributed by atoms with van der Waals surface area (Å²) in [6.45, 7) is 3.06. The molecule has 0 spiro atoms. The van der Waals surface area contributed by atoms with Crippen LogP contribution in [-0.4, -0.2) is 47.9 Å². The number of alkyl halides is 2. The summed E-state index contributed by atoms with van der Waals surface area (Å²) in [5.74, 6) is 4.64. The van der Waals surface area contributed by atoms with E-state index in [9.17, 15) is 13.6 Å². The molecule has 0 aliphatic carbocycles. The van der Waals surface area contributed by atoms with Crippen molar-refractivity contribution in [3.63, 3.8) is 0 Å². The minimum absolute atomic E-state index is 0.171. The number of nitrogens with one attached hydrogen (secondary N) is 1. The van der Waals surface area contributed by atoms with Gasteiger partial charge in [0.1, 0.15) is 5.69 Å². The van der Waals surface area contributed by atoms with Gasteiger partial charge in [-0.15, -0.1) is 11.3 Å². The Labute approximate surface area is 141 Å². The number of carbonyl (C=O) groups excluding carboxylic acids is 1. The Hall–Kier alpha value is -2.04. The van der Waals surface area contributed by atoms with Gasteiger partial charge < -0.3 is 10.2 Å². The van der Waals surface area contributed by atoms with E-state index in [0.29, 0.717) is 22.6 Å². The second kappa shape index (κ2) is 6.11. The molecule has 2 aliphatic heterocycles. The lowest BCUT2D eigenvalue weighted by Gasteiger charge is -2.22. The molecule has 24 heavy (non-hydrogen) atoms. The molecule has 7 heteroatoms. The van der Waals surface area contributed by atoms with Crippen LogP contribution in [0.3, 0.4) is 0 Å². The third-order valence-corrected chi connectivity index (χ3v) is 5.59. The van der Waals surface area contributed by atoms with Crippen molar-refractivity contribution in [2.45, 2.75) is 18.9 Å². The number of piperidine rings is 1. The van der Waals surface area contributed by atoms with Crippen molar-refractivity contribution in [3.8, 4) is 11.8 Å². The number of pyridine rings is 1. The summed E-state index contributed by atoms with van der Waals surface area (Å²) in [6.07, 6.45) is 0.0552. The van der Waals surface area contributed by atoms with Crippen LogP contribution in [0.1, 0.15) is 22.5 Å². The number of rotatable bonds is 2. The highest BCUT2D eigenvalue weighted by Crippen LogP contribution is 2.28. The second-order valence-corrected chi connectivity index (χ2v) is 7.08. The van der Waals surface area contributed by atoms with Gasteiger partial charge in [0.2, 0.25) is 0 Å². The molecule has 4 nitrogen and oxygen atoms in total. The molecular weight excluding hydrogens is 332 g/mol. The van der Waals surface area contributed by atoms with Crippen LogP contribution in [0.25, 0.3) is 10.1 Å². The zero-order valence-electron chi connectivity index (χ0n) is 12.8. The molecule has 4 heterocycles. The Morgan fingerprint density at radius 3 is 3.04 bits per heavy atom. The predicted molar refractivity (Wildman–Crippen MR) is 88.3 cm³/mol. The molecule has 2 unspecified atom stereocenters. The second-order valence-electron chi connectivity index (χ2n) is 6.17. The first kappa shape index (κ1) is 15.5. The standard InChI is InChI=1S/C17H15F2N3OS/c18-16(19)2-1-11-9-24-15-6-20-13(5-12(11)15)17(23)21-14-8-22-4-3-10(14)7-22/h5-6,9-10,14,16H,3-4,7-8H2,(H,21,23)/t10-,14?/m0/s1. The molecule has 0 saturated carbocycles. The quantitative estimate of drug-likeness (QED) is 0.849. The summed E-state index contributed by atoms with van der Waals surface area (Å²) in [5, 5.41) is 5.47. The maximum atomic E-state index is 12.5. The van der Waals surface area contributed by atoms with E-state index in [1.807, 2.05) is 5.92 Å². The van der Waals surface area contributed by atoms with Crippen LogP contribution in [-0.2, 0) is 0 Å². The molecule has 1 amide bonds. The smallest absolute Gasteiger partial charge is 0.299 e. The fourth-order valence-electron chi connectivity index (χ4n) is 3.48. The lowest BCUT2D eigenvalue weighted by Crippen LogP contribution is -2.43. The molecule has 1 N–H and O–H groups in total. The number of thiophene rings is 1. The van der Waals surface area contributed by atoms with Crippen LogP contribution in [0.5, 0.6) is 0 Å². The average molecular weight is 347 g/mol. The number of aromatic nitrogens is 1. The van der Waals surface area contributed by atoms with Crippen molar-refractivity contribution in [2.24, 2.45) is 5.92 Å². The lowest BCUT2D eigenvalue weighted by molar-refractivity contribution is 0.0919. The third kappa shape index (κ3) is 2.87. The van der Waals surface area contributed by atoms with Crippen molar-refractivity contribution in [2.75, 3.05) is 19.6 Å². The Morgan fingerprint density at radius 1 is 1.46 bits per heavy atom. The van der Waals surface area contributed by atoms with Crippen molar-refractivity contribution >= 4 is 27.3 Å². The highest BCUT2D eigenvalue weighted by Gasteiger charge is 2.38. The molecular formula is C17H15F2N3OS. The minimum Gasteiger partial charge on any atom is -0.346 e. The summed E-state index contributed by atoms with van der Waals surface area (Å²) < 4.78 is 25.4. The number of halogens is 2. The Bertz CT molecular complexity index is 854. The van der Waals surface area contributed by atoms with Gasteiger partial charge in [0.05, 0.1) is 4.70 Å². The van der Waals surface area contributed by atoms with Gasteiger partial charge in [-0.2, -0.15) is 8.78 Å². The molecule has 2 aromatic rings. The topological polar surface area (TPSA) is 45.2 Å². The Balaban J connectivity index is 1.56. The Morgan fingerprint density at radius 2 is 2.33 bits per heavy atom. The van der Waals surface area contributed by atoms with Gasteiger partial charge in [-0.3, -0.25) is 4.79 Å². The fraction of sp³-hybridized carbons (Fsp3) is 0.412. The van der Waals surface area contributed by atoms with E-state index in [1.54, 1.807) is 17.6 Å². The van der Waals surface area contributed by atoms with E-state index in [2.05, 4.69) is 21.1 Å². The highest BCUT2D eigenvalue weighted by atomic mass is 32.1. The van der Waals surface area contributed by atoms with E-state index in [0.717, 1.165) is 30.8 Å². The predicted octanol–water partition coefficient (Wildman–Crippen LogP) is 2.35. The number of carbonyl (C=O) groups is 1. The number of amides is 1. The maximum absolute atomic E-state index is 12.5. The van der Waals surface area contributed by atoms with Gasteiger partial charge in [-0.25, -0.2) is 4.98 Å². The van der Waals surface area contributed by atoms with Crippen LogP contribution in [0.15, 0.2) is 17.6 Å². The molecule has 4 rings (SSSR count). The molecule has 0 aromatic carbocycles. The van der Waals surface area contributed by atoms with Crippen LogP contribution in [0.2, 0.25) is 0 Å². The van der Waals surface area contributed by atoms with Gasteiger partial charge in [-0.05, 0) is 30.9 Å². The van der Waals surface area contributed by atoms with E-state index < -0.39 is 6.43 Å². The third-order valence-electron chi connectivity index (χ3n) is 4.66. The van der Waals surface area contributed by atoms with Crippen LogP contribution in [0.4, 0.5) is 8.78 Å². The van der Waals surface area contributed by atoms with Crippen LogP contribution < -0.4 is 5.32 Å². The first-order valence-electron chi connectivity index (χ1n) is 7.80. The molecule has 2 aromatic heterocycles. The van der Waals surface area contributed by atoms with Crippen molar-refractivity contribution in [3.05, 3.63) is 28.9 Å². The van der Waals surface area contributed by atoms with Gasteiger partial charge >= 0.3 is 0 Å². The molecule has 2 aliphatic rings. The summed E-state index contributed by atoms with van der Waals surface area (Å²) in [7, 11) is 0. The van der Waals surface area contributed by atoms with Crippen molar-refractivity contribution < 1.29 is 13.6 Å². The molecule has 3 atom stereocenters. The normalized spacial score (nSPS) is 25.0. The summed E-state index contributed by atoms with van der Waals surface area (Å²) >= 11 is 1.38. The number of hydrogen-bond acceptors (Lipinski definition) is 4. The first-order chi connectivity index (χ1) is 11.6. The minimum atomic E-state index is -2.67. The summed E-state index contributed by atoms with van der Waals surface area (Å²) in [5.41, 5.74) is 0.816. The van der Waals surface area contributed by atoms with E-state index >= 15 is 0 Å². The fourth-order valence-corrected chi connectivity index (χ4v) is 4.32. The van der Waals surface area contributed by atoms with Crippen molar-refractivity contribution in [1.82, 2.24) is 15.2 Å². The largest absolute Gasteiger partial charge is 0.346 e. The van der Waals surface area contributed by atoms with E-state index in [-0.39, 0.29) is 11.9 Å². The average Bonchev–Trinajstić information content (AvgIpc) is 3.27. The van der Waals surface area contributed by atoms with Crippen LogP contribution in [0, 0.1) is 17.8 Å². The van der Waals surface area contributed by atoms with E-state index in [4.69, 9.17) is 0 Å². The molecule has 124 valence electrons. The molecule has 2 fully saturated rings. The van der Waals surface area contributed by atoms with Gasteiger partial charge in [0.15, 0.2) is 0 Å². The molecule has 2 bridgehead atoms. The van der Waals surface area contributed by atoms with Gasteiger partial charge in [0.25, 0.3) is 12.3 Å². The summed E-state index contributed by atoms with van der Waals surface area (Å²) in [6, 6.07) is 1.81. The summed E-state index contributed by atoms with van der Waals surface area (Å²) in [4.78, 5) is 19.0. The highest BCUT2D eigenvalue weighted by molar-refractivity contribution is 7.17. The zero-order valence-corrected chi connectivity index (χ0v) is 13.6. The van der Waals surface area contributed by atoms with Crippen molar-refractivity contribution in [1.29, 1.82) is 0 Å². The SMILES string of the molecule is O=C(NC1CN2CC[C@H]1C2)c1cc2c(C#CC(F)F)csc2cn1. The molecule has 2 saturated heterocycles. The molecule has 0 radical (unpaired) electrons. The lowest BCUT2D eigenvalue weighted by atomic mass is 10.00. The monoisotopic (exact) mass is 347 g/mol.